The molecule has 26 heavy (non-hydrogen) atoms. The van der Waals surface area contributed by atoms with Gasteiger partial charge in [-0.1, -0.05) is 6.92 Å². The minimum Gasteiger partial charge on any atom is -0.465 e. The molecular weight excluding hydrogens is 380 g/mol. The van der Waals surface area contributed by atoms with Crippen molar-refractivity contribution in [1.29, 1.82) is 0 Å². The molecule has 2 aromatic carbocycles. The average Bonchev–Trinajstić information content (AvgIpc) is 2.55. The van der Waals surface area contributed by atoms with Crippen molar-refractivity contribution in [3.8, 4) is 11.5 Å². The number of sulfone groups is 1. The van der Waals surface area contributed by atoms with Crippen LogP contribution in [0, 0.1) is 6.92 Å². The Morgan fingerprint density at radius 2 is 1.50 bits per heavy atom. The summed E-state index contributed by atoms with van der Waals surface area (Å²) in [6.07, 6.45) is 0.456. The largest absolute Gasteiger partial charge is 0.465 e. The van der Waals surface area contributed by atoms with Gasteiger partial charge in [0.15, 0.2) is 16.1 Å². The Hall–Kier alpha value is -2.10. The number of hydrogen-bond donors (Lipinski definition) is 1. The van der Waals surface area contributed by atoms with Crippen LogP contribution in [0.4, 0.5) is 0 Å². The van der Waals surface area contributed by atoms with Crippen LogP contribution in [0.15, 0.2) is 52.3 Å². The van der Waals surface area contributed by atoms with Crippen molar-refractivity contribution in [1.82, 2.24) is 0 Å². The van der Waals surface area contributed by atoms with Crippen LogP contribution in [0.3, 0.4) is 0 Å². The van der Waals surface area contributed by atoms with Crippen molar-refractivity contribution in [2.24, 2.45) is 0 Å². The lowest BCUT2D eigenvalue weighted by Crippen LogP contribution is -2.13. The third kappa shape index (κ3) is 5.20. The summed E-state index contributed by atoms with van der Waals surface area (Å²) >= 11 is 0. The summed E-state index contributed by atoms with van der Waals surface area (Å²) in [7, 11) is -7.77. The molecule has 142 valence electrons. The van der Waals surface area contributed by atoms with E-state index < -0.39 is 26.2 Å². The van der Waals surface area contributed by atoms with Gasteiger partial charge in [0.2, 0.25) is 0 Å². The van der Waals surface area contributed by atoms with Crippen LogP contribution < -0.4 is 8.92 Å². The number of aryl methyl sites for hydroxylation is 1. The Bertz CT molecular complexity index is 978. The van der Waals surface area contributed by atoms with Crippen molar-refractivity contribution in [2.45, 2.75) is 36.3 Å². The van der Waals surface area contributed by atoms with Gasteiger partial charge in [-0.05, 0) is 55.0 Å². The van der Waals surface area contributed by atoms with Gasteiger partial charge in [0.25, 0.3) is 0 Å². The minimum atomic E-state index is -4.21. The smallest absolute Gasteiger partial charge is 0.339 e. The molecule has 2 rings (SSSR count). The van der Waals surface area contributed by atoms with Crippen molar-refractivity contribution in [2.75, 3.05) is 6.26 Å². The van der Waals surface area contributed by atoms with Gasteiger partial charge in [-0.15, -0.1) is 0 Å². The SMILES string of the molecule is CCC(O)Oc1ccc(OS(=O)(=O)c2cc(C)cc(S(C)(=O)=O)c2)cc1. The molecule has 0 bridgehead atoms. The molecule has 0 aliphatic heterocycles. The van der Waals surface area contributed by atoms with Crippen LogP contribution in [-0.4, -0.2) is 34.5 Å². The molecule has 0 saturated carbocycles. The Labute approximate surface area is 153 Å². The highest BCUT2D eigenvalue weighted by atomic mass is 32.2. The fraction of sp³-hybridized carbons (Fsp3) is 0.294. The summed E-state index contributed by atoms with van der Waals surface area (Å²) in [6.45, 7) is 3.35. The van der Waals surface area contributed by atoms with E-state index in [9.17, 15) is 21.9 Å². The van der Waals surface area contributed by atoms with Crippen molar-refractivity contribution in [3.63, 3.8) is 0 Å². The van der Waals surface area contributed by atoms with Gasteiger partial charge in [0.1, 0.15) is 16.4 Å². The lowest BCUT2D eigenvalue weighted by atomic mass is 10.2. The second-order valence-electron chi connectivity index (χ2n) is 5.74. The molecule has 0 spiro atoms. The fourth-order valence-electron chi connectivity index (χ4n) is 2.06. The van der Waals surface area contributed by atoms with Crippen LogP contribution in [-0.2, 0) is 20.0 Å². The number of aliphatic hydroxyl groups excluding tert-OH is 1. The lowest BCUT2D eigenvalue weighted by Gasteiger charge is -2.12. The molecule has 0 radical (unpaired) electrons. The first-order valence-electron chi connectivity index (χ1n) is 7.72. The predicted molar refractivity (Wildman–Crippen MR) is 95.5 cm³/mol. The standard InChI is InChI=1S/C17H20O7S2/c1-4-17(18)23-13-5-7-14(8-6-13)24-26(21,22)16-10-12(2)9-15(11-16)25(3,19)20/h5-11,17-18H,4H2,1-3H3. The molecule has 0 aliphatic rings. The van der Waals surface area contributed by atoms with Crippen LogP contribution in [0.2, 0.25) is 0 Å². The Balaban J connectivity index is 2.28. The van der Waals surface area contributed by atoms with Gasteiger partial charge in [-0.3, -0.25) is 0 Å². The quantitative estimate of drug-likeness (QED) is 0.561. The van der Waals surface area contributed by atoms with Gasteiger partial charge >= 0.3 is 10.1 Å². The van der Waals surface area contributed by atoms with Crippen molar-refractivity contribution in [3.05, 3.63) is 48.0 Å². The Kier molecular flexibility index (Phi) is 5.94. The first-order valence-corrected chi connectivity index (χ1v) is 11.0. The molecule has 0 fully saturated rings. The van der Waals surface area contributed by atoms with Crippen LogP contribution in [0.25, 0.3) is 0 Å². The number of aliphatic hydroxyl groups is 1. The molecule has 1 atom stereocenters. The van der Waals surface area contributed by atoms with Crippen molar-refractivity contribution >= 4 is 20.0 Å². The topological polar surface area (TPSA) is 107 Å². The summed E-state index contributed by atoms with van der Waals surface area (Å²) in [4.78, 5) is -0.350. The molecule has 0 aromatic heterocycles. The molecule has 0 amide bonds. The van der Waals surface area contributed by atoms with E-state index in [0.29, 0.717) is 17.7 Å². The predicted octanol–water partition coefficient (Wildman–Crippen LogP) is 2.27. The monoisotopic (exact) mass is 400 g/mol. The highest BCUT2D eigenvalue weighted by Crippen LogP contribution is 2.24. The first kappa shape index (κ1) is 20.2. The summed E-state index contributed by atoms with van der Waals surface area (Å²) in [5.74, 6) is 0.393. The molecule has 1 unspecified atom stereocenters. The van der Waals surface area contributed by atoms with E-state index in [2.05, 4.69) is 0 Å². The number of benzene rings is 2. The number of ether oxygens (including phenoxy) is 1. The number of rotatable bonds is 7. The van der Waals surface area contributed by atoms with E-state index in [-0.39, 0.29) is 15.5 Å². The fourth-order valence-corrected chi connectivity index (χ4v) is 3.94. The molecule has 7 nitrogen and oxygen atoms in total. The normalized spacial score (nSPS) is 13.2. The lowest BCUT2D eigenvalue weighted by molar-refractivity contribution is -0.0191. The third-order valence-electron chi connectivity index (χ3n) is 3.39. The zero-order valence-corrected chi connectivity index (χ0v) is 16.2. The molecule has 1 N–H and O–H groups in total. The minimum absolute atomic E-state index is 0.0331. The highest BCUT2D eigenvalue weighted by Gasteiger charge is 2.20. The molecule has 9 heteroatoms. The second kappa shape index (κ2) is 7.65. The van der Waals surface area contributed by atoms with Crippen LogP contribution in [0.1, 0.15) is 18.9 Å². The molecule has 0 aliphatic carbocycles. The third-order valence-corrected chi connectivity index (χ3v) is 5.71. The van der Waals surface area contributed by atoms with Gasteiger partial charge in [0.05, 0.1) is 4.90 Å². The summed E-state index contributed by atoms with van der Waals surface area (Å²) < 4.78 is 58.6. The average molecular weight is 400 g/mol. The van der Waals surface area contributed by atoms with Gasteiger partial charge in [0, 0.05) is 12.7 Å². The maximum absolute atomic E-state index is 12.5. The van der Waals surface area contributed by atoms with Gasteiger partial charge in [-0.25, -0.2) is 8.42 Å². The van der Waals surface area contributed by atoms with Crippen molar-refractivity contribution < 1.29 is 30.9 Å². The Morgan fingerprint density at radius 1 is 0.962 bits per heavy atom. The summed E-state index contributed by atoms with van der Waals surface area (Å²) in [5.41, 5.74) is 0.479. The van der Waals surface area contributed by atoms with E-state index in [1.54, 1.807) is 13.8 Å². The maximum atomic E-state index is 12.5. The summed E-state index contributed by atoms with van der Waals surface area (Å²) in [6, 6.07) is 9.46. The highest BCUT2D eigenvalue weighted by molar-refractivity contribution is 7.90. The van der Waals surface area contributed by atoms with Gasteiger partial charge < -0.3 is 14.0 Å². The van der Waals surface area contributed by atoms with E-state index >= 15 is 0 Å². The first-order chi connectivity index (χ1) is 12.0. The van der Waals surface area contributed by atoms with E-state index in [0.717, 1.165) is 12.3 Å². The van der Waals surface area contributed by atoms with E-state index in [1.165, 1.54) is 36.4 Å². The molecular formula is C17H20O7S2. The second-order valence-corrected chi connectivity index (χ2v) is 9.31. The molecule has 2 aromatic rings. The van der Waals surface area contributed by atoms with Crippen LogP contribution >= 0.6 is 0 Å². The zero-order valence-electron chi connectivity index (χ0n) is 14.5. The number of hydrogen-bond acceptors (Lipinski definition) is 7. The van der Waals surface area contributed by atoms with Crippen LogP contribution in [0.5, 0.6) is 11.5 Å². The van der Waals surface area contributed by atoms with E-state index in [4.69, 9.17) is 8.92 Å². The van der Waals surface area contributed by atoms with Gasteiger partial charge in [-0.2, -0.15) is 8.42 Å². The molecule has 0 heterocycles. The Morgan fingerprint density at radius 3 is 2.04 bits per heavy atom. The zero-order chi connectivity index (χ0) is 19.5. The molecule has 0 saturated heterocycles. The van der Waals surface area contributed by atoms with E-state index in [1.807, 2.05) is 0 Å². The summed E-state index contributed by atoms with van der Waals surface area (Å²) in [5, 5.41) is 9.44. The maximum Gasteiger partial charge on any atom is 0.339 e.